The van der Waals surface area contributed by atoms with Gasteiger partial charge in [-0.25, -0.2) is 9.97 Å². The standard InChI is InChI=1S/C33H41N7O4S/c1-19(2)30(40-16-26(15-37-40)25-10-11-35-29(12-25)44-20(3)14-34)33(43)39-17-27(41)13-28(39)32(42)38-21(4)23-6-8-24(9-7-23)31-22(5)36-18-45-31/h6-12,15-16,18-21,27-28,30,41H,13-14,17,34H2,1-5H3,(H,38,42)/t20?,21?,27-,28+,30?/m1/s1. The summed E-state index contributed by atoms with van der Waals surface area (Å²) in [5.74, 6) is -0.235. The predicted octanol–water partition coefficient (Wildman–Crippen LogP) is 4.14. The molecule has 1 saturated heterocycles. The van der Waals surface area contributed by atoms with Crippen LogP contribution in [0.5, 0.6) is 5.88 Å². The van der Waals surface area contributed by atoms with E-state index in [0.717, 1.165) is 32.8 Å². The molecule has 1 aliphatic heterocycles. The predicted molar refractivity (Wildman–Crippen MR) is 173 cm³/mol. The summed E-state index contributed by atoms with van der Waals surface area (Å²) in [5.41, 5.74) is 12.1. The van der Waals surface area contributed by atoms with Crippen LogP contribution in [-0.2, 0) is 9.59 Å². The Morgan fingerprint density at radius 2 is 1.87 bits per heavy atom. The molecule has 238 valence electrons. The molecule has 12 heteroatoms. The van der Waals surface area contributed by atoms with Crippen LogP contribution in [0.4, 0.5) is 0 Å². The van der Waals surface area contributed by atoms with Crippen molar-refractivity contribution in [3.63, 3.8) is 0 Å². The smallest absolute Gasteiger partial charge is 0.248 e. The van der Waals surface area contributed by atoms with E-state index in [2.05, 4.69) is 20.4 Å². The maximum atomic E-state index is 14.1. The van der Waals surface area contributed by atoms with E-state index in [0.29, 0.717) is 12.4 Å². The molecule has 3 aromatic heterocycles. The van der Waals surface area contributed by atoms with E-state index in [1.165, 1.54) is 4.90 Å². The topological polar surface area (TPSA) is 148 Å². The third-order valence-electron chi connectivity index (χ3n) is 8.13. The number of aryl methyl sites for hydroxylation is 1. The fraction of sp³-hybridized carbons (Fsp3) is 0.424. The molecule has 0 aliphatic carbocycles. The van der Waals surface area contributed by atoms with Crippen molar-refractivity contribution in [2.24, 2.45) is 11.7 Å². The van der Waals surface area contributed by atoms with E-state index in [1.54, 1.807) is 28.4 Å². The van der Waals surface area contributed by atoms with Crippen molar-refractivity contribution < 1.29 is 19.4 Å². The lowest BCUT2D eigenvalue weighted by atomic mass is 10.0. The lowest BCUT2D eigenvalue weighted by Crippen LogP contribution is -2.49. The molecule has 3 unspecified atom stereocenters. The highest BCUT2D eigenvalue weighted by atomic mass is 32.1. The molecule has 1 aliphatic rings. The molecular weight excluding hydrogens is 590 g/mol. The van der Waals surface area contributed by atoms with Gasteiger partial charge >= 0.3 is 0 Å². The number of carbonyl (C=O) groups excluding carboxylic acids is 2. The maximum Gasteiger partial charge on any atom is 0.248 e. The summed E-state index contributed by atoms with van der Waals surface area (Å²) in [5, 5.41) is 18.2. The number of nitrogens with two attached hydrogens (primary N) is 1. The second-order valence-corrected chi connectivity index (χ2v) is 12.8. The zero-order valence-corrected chi connectivity index (χ0v) is 27.1. The number of aliphatic hydroxyl groups is 1. The van der Waals surface area contributed by atoms with Crippen molar-refractivity contribution in [1.82, 2.24) is 30.0 Å². The second-order valence-electron chi connectivity index (χ2n) is 12.0. The number of nitrogens with zero attached hydrogens (tertiary/aromatic N) is 5. The quantitative estimate of drug-likeness (QED) is 0.224. The highest BCUT2D eigenvalue weighted by Gasteiger charge is 2.42. The van der Waals surface area contributed by atoms with Gasteiger partial charge in [-0.05, 0) is 49.4 Å². The molecule has 0 bridgehead atoms. The van der Waals surface area contributed by atoms with Gasteiger partial charge in [-0.15, -0.1) is 11.3 Å². The summed E-state index contributed by atoms with van der Waals surface area (Å²) in [6, 6.07) is 9.94. The third kappa shape index (κ3) is 7.24. The molecule has 0 spiro atoms. The van der Waals surface area contributed by atoms with Crippen LogP contribution in [0.25, 0.3) is 21.6 Å². The SMILES string of the molecule is Cc1ncsc1-c1ccc(C(C)NC(=O)[C@@H]2C[C@@H](O)CN2C(=O)C(C(C)C)n2cc(-c3ccnc(OC(C)CN)c3)cn2)cc1. The van der Waals surface area contributed by atoms with Crippen LogP contribution in [0.2, 0.25) is 0 Å². The van der Waals surface area contributed by atoms with E-state index in [-0.39, 0.29) is 42.8 Å². The average Bonchev–Trinajstić information content (AvgIpc) is 3.77. The number of aliphatic hydroxyl groups excluding tert-OH is 1. The Bertz CT molecular complexity index is 1620. The van der Waals surface area contributed by atoms with Gasteiger partial charge in [-0.1, -0.05) is 38.1 Å². The minimum Gasteiger partial charge on any atom is -0.473 e. The van der Waals surface area contributed by atoms with Crippen molar-refractivity contribution in [3.05, 3.63) is 71.8 Å². The number of β-amino-alcohol motifs (C(OH)–C–C–N with tert-alkyl or cyclic N) is 1. The summed E-state index contributed by atoms with van der Waals surface area (Å²) in [4.78, 5) is 38.8. The molecule has 4 aromatic rings. The Morgan fingerprint density at radius 1 is 1.11 bits per heavy atom. The lowest BCUT2D eigenvalue weighted by Gasteiger charge is -2.30. The monoisotopic (exact) mass is 631 g/mol. The number of rotatable bonds is 11. The Kier molecular flexibility index (Phi) is 9.96. The van der Waals surface area contributed by atoms with Crippen LogP contribution < -0.4 is 15.8 Å². The molecule has 0 radical (unpaired) electrons. The fourth-order valence-electron chi connectivity index (χ4n) is 5.62. The molecule has 1 aromatic carbocycles. The highest BCUT2D eigenvalue weighted by Crippen LogP contribution is 2.31. The Morgan fingerprint density at radius 3 is 2.53 bits per heavy atom. The van der Waals surface area contributed by atoms with E-state index >= 15 is 0 Å². The van der Waals surface area contributed by atoms with E-state index in [4.69, 9.17) is 10.5 Å². The number of hydrogen-bond acceptors (Lipinski definition) is 9. The number of hydrogen-bond donors (Lipinski definition) is 3. The van der Waals surface area contributed by atoms with Crippen LogP contribution in [-0.4, -0.2) is 72.9 Å². The van der Waals surface area contributed by atoms with E-state index < -0.39 is 18.2 Å². The first-order chi connectivity index (χ1) is 21.5. The first kappa shape index (κ1) is 32.3. The van der Waals surface area contributed by atoms with Gasteiger partial charge in [-0.3, -0.25) is 14.3 Å². The van der Waals surface area contributed by atoms with Crippen LogP contribution in [0.1, 0.15) is 57.5 Å². The van der Waals surface area contributed by atoms with Crippen molar-refractivity contribution in [3.8, 4) is 27.4 Å². The van der Waals surface area contributed by atoms with E-state index in [9.17, 15) is 14.7 Å². The van der Waals surface area contributed by atoms with Crippen LogP contribution >= 0.6 is 11.3 Å². The molecule has 4 heterocycles. The van der Waals surface area contributed by atoms with Gasteiger partial charge in [0, 0.05) is 43.5 Å². The number of carbonyl (C=O) groups is 2. The van der Waals surface area contributed by atoms with Crippen LogP contribution in [0.3, 0.4) is 0 Å². The van der Waals surface area contributed by atoms with Crippen molar-refractivity contribution in [2.45, 2.75) is 71.4 Å². The molecule has 11 nitrogen and oxygen atoms in total. The zero-order valence-electron chi connectivity index (χ0n) is 26.3. The third-order valence-corrected chi connectivity index (χ3v) is 9.11. The number of benzene rings is 1. The largest absolute Gasteiger partial charge is 0.473 e. The normalized spacial score (nSPS) is 18.5. The lowest BCUT2D eigenvalue weighted by molar-refractivity contribution is -0.142. The molecule has 4 N–H and O–H groups in total. The van der Waals surface area contributed by atoms with Crippen LogP contribution in [0, 0.1) is 12.8 Å². The van der Waals surface area contributed by atoms with Gasteiger partial charge in [0.15, 0.2) is 0 Å². The molecule has 0 saturated carbocycles. The first-order valence-electron chi connectivity index (χ1n) is 15.2. The van der Waals surface area contributed by atoms with Crippen LogP contribution in [0.15, 0.2) is 60.5 Å². The zero-order chi connectivity index (χ0) is 32.2. The molecule has 2 amide bonds. The maximum absolute atomic E-state index is 14.1. The van der Waals surface area contributed by atoms with Crippen molar-refractivity contribution >= 4 is 23.2 Å². The number of likely N-dealkylation sites (tertiary alicyclic amines) is 1. The summed E-state index contributed by atoms with van der Waals surface area (Å²) in [7, 11) is 0. The number of ether oxygens (including phenoxy) is 1. The first-order valence-corrected chi connectivity index (χ1v) is 16.1. The molecular formula is C33H41N7O4S. The minimum atomic E-state index is -0.797. The number of thiazole rings is 1. The van der Waals surface area contributed by atoms with Crippen molar-refractivity contribution in [1.29, 1.82) is 0 Å². The minimum absolute atomic E-state index is 0.0793. The molecule has 45 heavy (non-hydrogen) atoms. The van der Waals surface area contributed by atoms with Gasteiger partial charge in [0.25, 0.3) is 0 Å². The summed E-state index contributed by atoms with van der Waals surface area (Å²) in [6.07, 6.45) is 4.36. The van der Waals surface area contributed by atoms with E-state index in [1.807, 2.05) is 82.7 Å². The average molecular weight is 632 g/mol. The fourth-order valence-corrected chi connectivity index (χ4v) is 6.43. The van der Waals surface area contributed by atoms with Gasteiger partial charge in [0.05, 0.1) is 34.4 Å². The number of pyridine rings is 1. The summed E-state index contributed by atoms with van der Waals surface area (Å²) >= 11 is 1.59. The Hall–Kier alpha value is -4.13. The van der Waals surface area contributed by atoms with Crippen molar-refractivity contribution in [2.75, 3.05) is 13.1 Å². The van der Waals surface area contributed by atoms with Gasteiger partial charge in [0.1, 0.15) is 18.2 Å². The number of amides is 2. The van der Waals surface area contributed by atoms with Gasteiger partial charge in [-0.2, -0.15) is 5.10 Å². The summed E-state index contributed by atoms with van der Waals surface area (Å²) in [6.45, 7) is 10.1. The van der Waals surface area contributed by atoms with Gasteiger partial charge in [0.2, 0.25) is 17.7 Å². The molecule has 5 rings (SSSR count). The number of nitrogens with one attached hydrogen (secondary N) is 1. The highest BCUT2D eigenvalue weighted by molar-refractivity contribution is 7.13. The number of aromatic nitrogens is 4. The Balaban J connectivity index is 1.30. The Labute approximate surface area is 267 Å². The second kappa shape index (κ2) is 13.9. The molecule has 5 atom stereocenters. The molecule has 1 fully saturated rings. The summed E-state index contributed by atoms with van der Waals surface area (Å²) < 4.78 is 7.40. The van der Waals surface area contributed by atoms with Gasteiger partial charge < -0.3 is 25.8 Å².